The maximum atomic E-state index is 11.1. The van der Waals surface area contributed by atoms with Crippen LogP contribution in [0.15, 0.2) is 39.3 Å². The van der Waals surface area contributed by atoms with Crippen LogP contribution in [0.25, 0.3) is 0 Å². The molecule has 2 aromatic carbocycles. The molecule has 0 aliphatic carbocycles. The summed E-state index contributed by atoms with van der Waals surface area (Å²) >= 11 is 12.9. The van der Waals surface area contributed by atoms with Gasteiger partial charge in [-0.15, -0.1) is 0 Å². The summed E-state index contributed by atoms with van der Waals surface area (Å²) in [6.07, 6.45) is 0. The molecule has 21 heavy (non-hydrogen) atoms. The molecule has 2 aromatic rings. The standard InChI is InChI=1S/C14H11Br2ClN2O2/c15-10-4-9(18)5-11(16)13(10)21-6-8-2-1-7(14(19)20)3-12(8)17/h1-5H,6,18H2,(H2,19,20). The Labute approximate surface area is 143 Å². The molecular weight excluding hydrogens is 423 g/mol. The fraction of sp³-hybridized carbons (Fsp3) is 0.0714. The van der Waals surface area contributed by atoms with E-state index >= 15 is 0 Å². The largest absolute Gasteiger partial charge is 0.486 e. The Balaban J connectivity index is 2.19. The first-order chi connectivity index (χ1) is 9.88. The molecule has 2 rings (SSSR count). The van der Waals surface area contributed by atoms with Crippen molar-refractivity contribution in [2.75, 3.05) is 5.73 Å². The van der Waals surface area contributed by atoms with E-state index in [1.54, 1.807) is 24.3 Å². The molecule has 0 aliphatic heterocycles. The van der Waals surface area contributed by atoms with Gasteiger partial charge in [0.1, 0.15) is 12.4 Å². The Bertz CT molecular complexity index is 684. The van der Waals surface area contributed by atoms with E-state index in [0.717, 1.165) is 14.5 Å². The molecule has 0 saturated carbocycles. The average Bonchev–Trinajstić information content (AvgIpc) is 2.38. The monoisotopic (exact) mass is 432 g/mol. The van der Waals surface area contributed by atoms with E-state index in [4.69, 9.17) is 27.8 Å². The Morgan fingerprint density at radius 2 is 1.81 bits per heavy atom. The van der Waals surface area contributed by atoms with E-state index in [-0.39, 0.29) is 6.61 Å². The third-order valence-corrected chi connectivity index (χ3v) is 4.26. The van der Waals surface area contributed by atoms with Crippen LogP contribution in [0.2, 0.25) is 5.02 Å². The van der Waals surface area contributed by atoms with Crippen LogP contribution in [0.3, 0.4) is 0 Å². The van der Waals surface area contributed by atoms with Crippen LogP contribution < -0.4 is 16.2 Å². The van der Waals surface area contributed by atoms with Crippen LogP contribution in [0.1, 0.15) is 15.9 Å². The number of carbonyl (C=O) groups excluding carboxylic acids is 1. The Morgan fingerprint density at radius 1 is 1.19 bits per heavy atom. The van der Waals surface area contributed by atoms with Crippen molar-refractivity contribution in [3.05, 3.63) is 55.4 Å². The molecule has 0 bridgehead atoms. The van der Waals surface area contributed by atoms with Crippen molar-refractivity contribution in [1.29, 1.82) is 0 Å². The van der Waals surface area contributed by atoms with Crippen molar-refractivity contribution in [1.82, 2.24) is 0 Å². The first-order valence-electron chi connectivity index (χ1n) is 5.84. The minimum Gasteiger partial charge on any atom is -0.486 e. The lowest BCUT2D eigenvalue weighted by molar-refractivity contribution is 0.1000. The number of anilines is 1. The fourth-order valence-electron chi connectivity index (χ4n) is 1.68. The second-order valence-corrected chi connectivity index (χ2v) is 6.39. The molecular formula is C14H11Br2ClN2O2. The van der Waals surface area contributed by atoms with Crippen LogP contribution in [-0.2, 0) is 6.61 Å². The predicted molar refractivity (Wildman–Crippen MR) is 90.6 cm³/mol. The Kier molecular flexibility index (Phi) is 5.13. The molecule has 0 aliphatic rings. The fourth-order valence-corrected chi connectivity index (χ4v) is 3.37. The van der Waals surface area contributed by atoms with E-state index in [2.05, 4.69) is 31.9 Å². The number of hydrogen-bond acceptors (Lipinski definition) is 3. The molecule has 0 fully saturated rings. The SMILES string of the molecule is NC(=O)c1ccc(COc2c(Br)cc(N)cc2Br)c(Cl)c1. The van der Waals surface area contributed by atoms with E-state index < -0.39 is 5.91 Å². The zero-order valence-corrected chi connectivity index (χ0v) is 14.6. The van der Waals surface area contributed by atoms with Crippen LogP contribution >= 0.6 is 43.5 Å². The van der Waals surface area contributed by atoms with Gasteiger partial charge in [-0.2, -0.15) is 0 Å². The first-order valence-corrected chi connectivity index (χ1v) is 7.80. The number of nitrogen functional groups attached to an aromatic ring is 1. The Hall–Kier alpha value is -1.24. The van der Waals surface area contributed by atoms with Gasteiger partial charge in [-0.05, 0) is 56.1 Å². The third-order valence-electron chi connectivity index (χ3n) is 2.73. The highest BCUT2D eigenvalue weighted by Crippen LogP contribution is 2.36. The highest BCUT2D eigenvalue weighted by atomic mass is 79.9. The number of halogens is 3. The molecule has 4 N–H and O–H groups in total. The maximum Gasteiger partial charge on any atom is 0.248 e. The zero-order valence-electron chi connectivity index (χ0n) is 10.7. The molecule has 0 saturated heterocycles. The van der Waals surface area contributed by atoms with Crippen molar-refractivity contribution in [3.63, 3.8) is 0 Å². The summed E-state index contributed by atoms with van der Waals surface area (Å²) in [6, 6.07) is 8.34. The van der Waals surface area contributed by atoms with Crippen LogP contribution in [0.4, 0.5) is 5.69 Å². The van der Waals surface area contributed by atoms with Crippen molar-refractivity contribution in [3.8, 4) is 5.75 Å². The van der Waals surface area contributed by atoms with Gasteiger partial charge < -0.3 is 16.2 Å². The van der Waals surface area contributed by atoms with Gasteiger partial charge in [0.25, 0.3) is 0 Å². The van der Waals surface area contributed by atoms with Crippen molar-refractivity contribution in [2.45, 2.75) is 6.61 Å². The van der Waals surface area contributed by atoms with E-state index in [0.29, 0.717) is 22.0 Å². The maximum absolute atomic E-state index is 11.1. The summed E-state index contributed by atoms with van der Waals surface area (Å²) in [6.45, 7) is 0.249. The van der Waals surface area contributed by atoms with Crippen LogP contribution in [-0.4, -0.2) is 5.91 Å². The number of rotatable bonds is 4. The predicted octanol–water partition coefficient (Wildman–Crippen LogP) is 4.13. The van der Waals surface area contributed by atoms with Gasteiger partial charge in [0.15, 0.2) is 0 Å². The minimum absolute atomic E-state index is 0.249. The van der Waals surface area contributed by atoms with Crippen molar-refractivity contribution in [2.24, 2.45) is 5.73 Å². The van der Waals surface area contributed by atoms with E-state index in [9.17, 15) is 4.79 Å². The van der Waals surface area contributed by atoms with Gasteiger partial charge in [0, 0.05) is 21.8 Å². The number of nitrogens with two attached hydrogens (primary N) is 2. The minimum atomic E-state index is -0.520. The van der Waals surface area contributed by atoms with Gasteiger partial charge in [0.05, 0.1) is 8.95 Å². The van der Waals surface area contributed by atoms with Gasteiger partial charge in [-0.1, -0.05) is 17.7 Å². The molecule has 4 nitrogen and oxygen atoms in total. The number of benzene rings is 2. The topological polar surface area (TPSA) is 78.3 Å². The lowest BCUT2D eigenvalue weighted by Crippen LogP contribution is -2.11. The van der Waals surface area contributed by atoms with Gasteiger partial charge in [-0.25, -0.2) is 0 Å². The number of primary amides is 1. The molecule has 0 atom stereocenters. The van der Waals surface area contributed by atoms with Gasteiger partial charge in [-0.3, -0.25) is 4.79 Å². The molecule has 0 unspecified atom stereocenters. The quantitative estimate of drug-likeness (QED) is 0.711. The average molecular weight is 435 g/mol. The summed E-state index contributed by atoms with van der Waals surface area (Å²) in [5.41, 5.74) is 12.6. The zero-order chi connectivity index (χ0) is 15.6. The summed E-state index contributed by atoms with van der Waals surface area (Å²) in [5.74, 6) is 0.104. The smallest absolute Gasteiger partial charge is 0.248 e. The summed E-state index contributed by atoms with van der Waals surface area (Å²) in [5, 5.41) is 0.425. The van der Waals surface area contributed by atoms with Gasteiger partial charge in [0.2, 0.25) is 5.91 Å². The van der Waals surface area contributed by atoms with Crippen LogP contribution in [0.5, 0.6) is 5.75 Å². The normalized spacial score (nSPS) is 10.4. The van der Waals surface area contributed by atoms with Crippen molar-refractivity contribution < 1.29 is 9.53 Å². The second kappa shape index (κ2) is 6.68. The Morgan fingerprint density at radius 3 is 2.33 bits per heavy atom. The molecule has 1 amide bonds. The molecule has 0 aromatic heterocycles. The first kappa shape index (κ1) is 16.1. The van der Waals surface area contributed by atoms with Crippen LogP contribution in [0, 0.1) is 0 Å². The summed E-state index contributed by atoms with van der Waals surface area (Å²) < 4.78 is 7.21. The van der Waals surface area contributed by atoms with E-state index in [1.165, 1.54) is 6.07 Å². The lowest BCUT2D eigenvalue weighted by Gasteiger charge is -2.12. The molecule has 0 radical (unpaired) electrons. The summed E-state index contributed by atoms with van der Waals surface area (Å²) in [7, 11) is 0. The number of carbonyl (C=O) groups is 1. The van der Waals surface area contributed by atoms with E-state index in [1.807, 2.05) is 0 Å². The third kappa shape index (κ3) is 3.90. The molecule has 0 spiro atoms. The molecule has 0 heterocycles. The van der Waals surface area contributed by atoms with Gasteiger partial charge >= 0.3 is 0 Å². The molecule has 110 valence electrons. The number of ether oxygens (including phenoxy) is 1. The number of hydrogen-bond donors (Lipinski definition) is 2. The second-order valence-electron chi connectivity index (χ2n) is 4.27. The lowest BCUT2D eigenvalue weighted by atomic mass is 10.1. The van der Waals surface area contributed by atoms with Crippen molar-refractivity contribution >= 4 is 55.1 Å². The highest BCUT2D eigenvalue weighted by Gasteiger charge is 2.10. The highest BCUT2D eigenvalue weighted by molar-refractivity contribution is 9.11. The number of amides is 1. The summed E-state index contributed by atoms with van der Waals surface area (Å²) in [4.78, 5) is 11.1. The molecule has 7 heteroatoms.